The smallest absolute Gasteiger partial charge is 0.309 e. The normalized spacial score (nSPS) is 10.8. The molecule has 0 aliphatic heterocycles. The lowest BCUT2D eigenvalue weighted by Gasteiger charge is -2.13. The van der Waals surface area contributed by atoms with Crippen molar-refractivity contribution in [2.75, 3.05) is 5.32 Å². The van der Waals surface area contributed by atoms with Gasteiger partial charge in [0.1, 0.15) is 0 Å². The second kappa shape index (κ2) is 5.04. The fraction of sp³-hybridized carbons (Fsp3) is 0.286. The Labute approximate surface area is 106 Å². The van der Waals surface area contributed by atoms with Crippen LogP contribution < -0.4 is 5.32 Å². The maximum Gasteiger partial charge on any atom is 0.309 e. The first-order valence-corrected chi connectivity index (χ1v) is 5.93. The Kier molecular flexibility index (Phi) is 3.46. The second-order valence-electron chi connectivity index (χ2n) is 4.55. The molecule has 0 amide bonds. The molecule has 1 heterocycles. The third-order valence-electron chi connectivity index (χ3n) is 2.55. The lowest BCUT2D eigenvalue weighted by atomic mass is 10.1. The number of nitrogens with one attached hydrogen (secondary N) is 1. The van der Waals surface area contributed by atoms with E-state index < -0.39 is 5.97 Å². The average Bonchev–Trinajstić information content (AvgIpc) is 2.27. The van der Waals surface area contributed by atoms with Crippen molar-refractivity contribution in [3.8, 4) is 0 Å². The van der Waals surface area contributed by atoms with Crippen molar-refractivity contribution in [2.45, 2.75) is 26.3 Å². The third-order valence-corrected chi connectivity index (χ3v) is 2.55. The Morgan fingerprint density at radius 1 is 1.39 bits per heavy atom. The first kappa shape index (κ1) is 12.4. The number of carbonyl (C=O) groups is 1. The number of fused-ring (bicyclic) bond motifs is 1. The van der Waals surface area contributed by atoms with E-state index in [1.165, 1.54) is 0 Å². The van der Waals surface area contributed by atoms with E-state index in [-0.39, 0.29) is 12.5 Å². The fourth-order valence-electron chi connectivity index (χ4n) is 1.91. The van der Waals surface area contributed by atoms with Crippen LogP contribution in [0.4, 0.5) is 5.69 Å². The summed E-state index contributed by atoms with van der Waals surface area (Å²) in [5.41, 5.74) is 2.33. The molecule has 1 aromatic carbocycles. The fourth-order valence-corrected chi connectivity index (χ4v) is 1.91. The molecule has 18 heavy (non-hydrogen) atoms. The van der Waals surface area contributed by atoms with E-state index in [0.29, 0.717) is 5.69 Å². The summed E-state index contributed by atoms with van der Waals surface area (Å²) in [6, 6.07) is 9.83. The number of aliphatic carboxylic acids is 1. The topological polar surface area (TPSA) is 62.2 Å². The molecule has 0 atom stereocenters. The minimum Gasteiger partial charge on any atom is -0.481 e. The summed E-state index contributed by atoms with van der Waals surface area (Å²) >= 11 is 0. The first-order chi connectivity index (χ1) is 8.56. The number of benzene rings is 1. The summed E-state index contributed by atoms with van der Waals surface area (Å²) in [7, 11) is 0. The van der Waals surface area contributed by atoms with Crippen molar-refractivity contribution >= 4 is 22.6 Å². The van der Waals surface area contributed by atoms with Gasteiger partial charge in [0, 0.05) is 17.1 Å². The highest BCUT2D eigenvalue weighted by Crippen LogP contribution is 2.24. The van der Waals surface area contributed by atoms with Crippen LogP contribution in [0.15, 0.2) is 30.3 Å². The van der Waals surface area contributed by atoms with Gasteiger partial charge in [-0.2, -0.15) is 0 Å². The Hall–Kier alpha value is -2.10. The maximum atomic E-state index is 10.8. The molecular weight excluding hydrogens is 228 g/mol. The minimum absolute atomic E-state index is 0.0579. The number of carboxylic acids is 1. The molecule has 0 saturated carbocycles. The zero-order valence-corrected chi connectivity index (χ0v) is 10.5. The molecule has 0 aliphatic rings. The predicted molar refractivity (Wildman–Crippen MR) is 71.8 cm³/mol. The van der Waals surface area contributed by atoms with Crippen LogP contribution in [0.2, 0.25) is 0 Å². The van der Waals surface area contributed by atoms with Gasteiger partial charge in [-0.05, 0) is 26.0 Å². The molecular formula is C14H16N2O2. The lowest BCUT2D eigenvalue weighted by Crippen LogP contribution is -2.11. The summed E-state index contributed by atoms with van der Waals surface area (Å²) in [6.45, 7) is 4.10. The molecule has 1 aromatic heterocycles. The minimum atomic E-state index is -0.867. The van der Waals surface area contributed by atoms with Gasteiger partial charge >= 0.3 is 5.97 Å². The zero-order chi connectivity index (χ0) is 13.1. The quantitative estimate of drug-likeness (QED) is 0.868. The van der Waals surface area contributed by atoms with Crippen molar-refractivity contribution < 1.29 is 9.90 Å². The SMILES string of the molecule is CC(C)Nc1cc(CC(=O)O)nc2ccccc12. The molecule has 0 bridgehead atoms. The molecule has 2 rings (SSSR count). The van der Waals surface area contributed by atoms with Gasteiger partial charge in [0.2, 0.25) is 0 Å². The molecule has 0 saturated heterocycles. The van der Waals surface area contributed by atoms with Crippen molar-refractivity contribution in [3.05, 3.63) is 36.0 Å². The largest absolute Gasteiger partial charge is 0.481 e. The highest BCUT2D eigenvalue weighted by molar-refractivity contribution is 5.92. The number of nitrogens with zero attached hydrogens (tertiary/aromatic N) is 1. The third kappa shape index (κ3) is 2.77. The van der Waals surface area contributed by atoms with E-state index in [1.807, 2.05) is 44.2 Å². The monoisotopic (exact) mass is 244 g/mol. The van der Waals surface area contributed by atoms with Crippen LogP contribution >= 0.6 is 0 Å². The van der Waals surface area contributed by atoms with Gasteiger partial charge in [0.05, 0.1) is 17.6 Å². The summed E-state index contributed by atoms with van der Waals surface area (Å²) in [5.74, 6) is -0.867. The Morgan fingerprint density at radius 2 is 2.11 bits per heavy atom. The highest BCUT2D eigenvalue weighted by atomic mass is 16.4. The number of para-hydroxylation sites is 1. The van der Waals surface area contributed by atoms with E-state index in [2.05, 4.69) is 10.3 Å². The summed E-state index contributed by atoms with van der Waals surface area (Å²) in [4.78, 5) is 15.1. The highest BCUT2D eigenvalue weighted by Gasteiger charge is 2.08. The Bertz CT molecular complexity index is 579. The number of pyridine rings is 1. The number of anilines is 1. The van der Waals surface area contributed by atoms with Crippen LogP contribution in [0.5, 0.6) is 0 Å². The zero-order valence-electron chi connectivity index (χ0n) is 10.5. The maximum absolute atomic E-state index is 10.8. The number of aromatic nitrogens is 1. The van der Waals surface area contributed by atoms with E-state index in [9.17, 15) is 4.79 Å². The molecule has 94 valence electrons. The van der Waals surface area contributed by atoms with E-state index in [1.54, 1.807) is 0 Å². The summed E-state index contributed by atoms with van der Waals surface area (Å²) in [6.07, 6.45) is -0.0579. The molecule has 0 fully saturated rings. The molecule has 4 heteroatoms. The van der Waals surface area contributed by atoms with Crippen LogP contribution in [-0.4, -0.2) is 22.1 Å². The number of rotatable bonds is 4. The molecule has 0 aliphatic carbocycles. The van der Waals surface area contributed by atoms with E-state index >= 15 is 0 Å². The average molecular weight is 244 g/mol. The van der Waals surface area contributed by atoms with Gasteiger partial charge in [-0.15, -0.1) is 0 Å². The van der Waals surface area contributed by atoms with Crippen LogP contribution in [0.3, 0.4) is 0 Å². The van der Waals surface area contributed by atoms with E-state index in [4.69, 9.17) is 5.11 Å². The Balaban J connectivity index is 2.53. The molecule has 2 aromatic rings. The van der Waals surface area contributed by atoms with Crippen molar-refractivity contribution in [1.82, 2.24) is 4.98 Å². The van der Waals surface area contributed by atoms with Crippen molar-refractivity contribution in [1.29, 1.82) is 0 Å². The van der Waals surface area contributed by atoms with Gasteiger partial charge in [-0.1, -0.05) is 18.2 Å². The Morgan fingerprint density at radius 3 is 2.78 bits per heavy atom. The van der Waals surface area contributed by atoms with Crippen LogP contribution in [0.25, 0.3) is 10.9 Å². The van der Waals surface area contributed by atoms with E-state index in [0.717, 1.165) is 16.6 Å². The predicted octanol–water partition coefficient (Wildman–Crippen LogP) is 2.68. The molecule has 0 unspecified atom stereocenters. The molecule has 0 spiro atoms. The standard InChI is InChI=1S/C14H16N2O2/c1-9(2)15-13-7-10(8-14(17)18)16-12-6-4-3-5-11(12)13/h3-7,9H,8H2,1-2H3,(H,15,16)(H,17,18). The summed E-state index contributed by atoms with van der Waals surface area (Å²) in [5, 5.41) is 13.2. The van der Waals surface area contributed by atoms with Crippen LogP contribution in [0, 0.1) is 0 Å². The molecule has 0 radical (unpaired) electrons. The van der Waals surface area contributed by atoms with Gasteiger partial charge in [-0.25, -0.2) is 0 Å². The van der Waals surface area contributed by atoms with Gasteiger partial charge in [0.15, 0.2) is 0 Å². The van der Waals surface area contributed by atoms with Crippen LogP contribution in [-0.2, 0) is 11.2 Å². The van der Waals surface area contributed by atoms with Crippen molar-refractivity contribution in [3.63, 3.8) is 0 Å². The van der Waals surface area contributed by atoms with Gasteiger partial charge in [-0.3, -0.25) is 9.78 Å². The van der Waals surface area contributed by atoms with Crippen LogP contribution in [0.1, 0.15) is 19.5 Å². The molecule has 4 nitrogen and oxygen atoms in total. The van der Waals surface area contributed by atoms with Crippen molar-refractivity contribution in [2.24, 2.45) is 0 Å². The number of carboxylic acid groups (broad SMARTS) is 1. The number of hydrogen-bond acceptors (Lipinski definition) is 3. The first-order valence-electron chi connectivity index (χ1n) is 5.93. The lowest BCUT2D eigenvalue weighted by molar-refractivity contribution is -0.136. The molecule has 2 N–H and O–H groups in total. The van der Waals surface area contributed by atoms with Gasteiger partial charge in [0.25, 0.3) is 0 Å². The second-order valence-corrected chi connectivity index (χ2v) is 4.55. The summed E-state index contributed by atoms with van der Waals surface area (Å²) < 4.78 is 0. The number of hydrogen-bond donors (Lipinski definition) is 2. The van der Waals surface area contributed by atoms with Gasteiger partial charge < -0.3 is 10.4 Å².